The van der Waals surface area contributed by atoms with E-state index in [9.17, 15) is 4.79 Å². The number of nitrogens with one attached hydrogen (secondary N) is 2. The Labute approximate surface area is 112 Å². The zero-order valence-electron chi connectivity index (χ0n) is 11.1. The summed E-state index contributed by atoms with van der Waals surface area (Å²) in [6.45, 7) is 5.20. The lowest BCUT2D eigenvalue weighted by Crippen LogP contribution is -2.31. The van der Waals surface area contributed by atoms with Gasteiger partial charge in [0.2, 0.25) is 0 Å². The standard InChI is InChI=1S/C12H17BN2O4/c1-12(2,3)19-11(16)15-10-6-9(13(17)18)5-4-8(10)7-14/h4-7,14,17-18H,1-3H3,(H,15,16). The van der Waals surface area contributed by atoms with E-state index in [-0.39, 0.29) is 11.2 Å². The molecule has 0 spiro atoms. The van der Waals surface area contributed by atoms with Gasteiger partial charge in [0.05, 0.1) is 5.69 Å². The molecule has 6 nitrogen and oxygen atoms in total. The minimum atomic E-state index is -1.64. The predicted octanol–water partition coefficient (Wildman–Crippen LogP) is 0.711. The van der Waals surface area contributed by atoms with Gasteiger partial charge in [-0.25, -0.2) is 4.79 Å². The van der Waals surface area contributed by atoms with Gasteiger partial charge in [-0.1, -0.05) is 12.1 Å². The molecule has 0 aromatic heterocycles. The van der Waals surface area contributed by atoms with Crippen molar-refractivity contribution in [3.8, 4) is 0 Å². The third-order valence-corrected chi connectivity index (χ3v) is 2.17. The molecule has 1 amide bonds. The number of hydrogen-bond acceptors (Lipinski definition) is 5. The summed E-state index contributed by atoms with van der Waals surface area (Å²) in [5.41, 5.74) is 0.310. The van der Waals surface area contributed by atoms with Crippen LogP contribution in [-0.2, 0) is 4.74 Å². The van der Waals surface area contributed by atoms with Crippen molar-refractivity contribution in [3.05, 3.63) is 23.8 Å². The second kappa shape index (κ2) is 5.86. The summed E-state index contributed by atoms with van der Waals surface area (Å²) in [4.78, 5) is 11.6. The van der Waals surface area contributed by atoms with Crippen molar-refractivity contribution in [3.63, 3.8) is 0 Å². The number of anilines is 1. The fourth-order valence-corrected chi connectivity index (χ4v) is 1.38. The lowest BCUT2D eigenvalue weighted by Gasteiger charge is -2.20. The molecule has 0 radical (unpaired) electrons. The zero-order valence-corrected chi connectivity index (χ0v) is 11.1. The first-order chi connectivity index (χ1) is 8.73. The third kappa shape index (κ3) is 4.73. The Hall–Kier alpha value is -1.86. The van der Waals surface area contributed by atoms with Crippen LogP contribution in [0.2, 0.25) is 0 Å². The molecule has 0 saturated carbocycles. The molecule has 4 N–H and O–H groups in total. The van der Waals surface area contributed by atoms with Crippen LogP contribution >= 0.6 is 0 Å². The van der Waals surface area contributed by atoms with Crippen LogP contribution in [0.3, 0.4) is 0 Å². The molecule has 1 aromatic rings. The summed E-state index contributed by atoms with van der Waals surface area (Å²) in [6.07, 6.45) is 0.389. The summed E-state index contributed by atoms with van der Waals surface area (Å²) < 4.78 is 5.09. The average Bonchev–Trinajstić information content (AvgIpc) is 2.26. The molecule has 1 rings (SSSR count). The maximum absolute atomic E-state index is 11.6. The van der Waals surface area contributed by atoms with Gasteiger partial charge in [-0.2, -0.15) is 0 Å². The molecule has 1 aromatic carbocycles. The van der Waals surface area contributed by atoms with Crippen molar-refractivity contribution in [1.82, 2.24) is 0 Å². The average molecular weight is 264 g/mol. The third-order valence-electron chi connectivity index (χ3n) is 2.17. The molecule has 0 saturated heterocycles. The lowest BCUT2D eigenvalue weighted by molar-refractivity contribution is 0.0636. The van der Waals surface area contributed by atoms with Crippen molar-refractivity contribution in [2.24, 2.45) is 0 Å². The van der Waals surface area contributed by atoms with Crippen LogP contribution in [0.5, 0.6) is 0 Å². The minimum Gasteiger partial charge on any atom is -0.444 e. The predicted molar refractivity (Wildman–Crippen MR) is 74.0 cm³/mol. The van der Waals surface area contributed by atoms with Crippen LogP contribution in [0.1, 0.15) is 26.3 Å². The van der Waals surface area contributed by atoms with E-state index in [1.807, 2.05) is 0 Å². The number of hydrogen-bond donors (Lipinski definition) is 4. The van der Waals surface area contributed by atoms with Crippen LogP contribution in [0.15, 0.2) is 18.2 Å². The van der Waals surface area contributed by atoms with E-state index in [1.165, 1.54) is 18.2 Å². The highest BCUT2D eigenvalue weighted by molar-refractivity contribution is 6.58. The maximum atomic E-state index is 11.6. The van der Waals surface area contributed by atoms with E-state index in [0.717, 1.165) is 6.21 Å². The minimum absolute atomic E-state index is 0.219. The Bertz CT molecular complexity index is 483. The van der Waals surface area contributed by atoms with Crippen molar-refractivity contribution >= 4 is 30.6 Å². The van der Waals surface area contributed by atoms with Crippen LogP contribution in [0.25, 0.3) is 0 Å². The Balaban J connectivity index is 2.95. The number of rotatable bonds is 3. The van der Waals surface area contributed by atoms with Gasteiger partial charge >= 0.3 is 13.2 Å². The van der Waals surface area contributed by atoms with Gasteiger partial charge in [-0.05, 0) is 32.3 Å². The molecule has 0 aliphatic rings. The summed E-state index contributed by atoms with van der Waals surface area (Å²) in [5.74, 6) is 0. The van der Waals surface area contributed by atoms with E-state index >= 15 is 0 Å². The Morgan fingerprint density at radius 1 is 1.42 bits per heavy atom. The fraction of sp³-hybridized carbons (Fsp3) is 0.333. The molecule has 0 aliphatic carbocycles. The summed E-state index contributed by atoms with van der Waals surface area (Å²) >= 11 is 0. The highest BCUT2D eigenvalue weighted by Crippen LogP contribution is 2.14. The molecule has 0 heterocycles. The molecular weight excluding hydrogens is 247 g/mol. The molecule has 0 atom stereocenters. The molecule has 0 unspecified atom stereocenters. The highest BCUT2D eigenvalue weighted by Gasteiger charge is 2.18. The summed E-state index contributed by atoms with van der Waals surface area (Å²) in [5, 5.41) is 27.9. The van der Waals surface area contributed by atoms with Crippen LogP contribution in [-0.4, -0.2) is 35.1 Å². The quantitative estimate of drug-likeness (QED) is 0.477. The highest BCUT2D eigenvalue weighted by atomic mass is 16.6. The van der Waals surface area contributed by atoms with Gasteiger partial charge in [0.1, 0.15) is 5.60 Å². The van der Waals surface area contributed by atoms with Crippen molar-refractivity contribution in [2.75, 3.05) is 5.32 Å². The van der Waals surface area contributed by atoms with Crippen LogP contribution < -0.4 is 10.8 Å². The summed E-state index contributed by atoms with van der Waals surface area (Å²) in [6, 6.07) is 4.36. The van der Waals surface area contributed by atoms with Gasteiger partial charge in [0, 0.05) is 11.8 Å². The lowest BCUT2D eigenvalue weighted by atomic mass is 9.79. The first-order valence-corrected chi connectivity index (χ1v) is 5.73. The Morgan fingerprint density at radius 3 is 2.53 bits per heavy atom. The monoisotopic (exact) mass is 264 g/mol. The normalized spacial score (nSPS) is 10.8. The SMILES string of the molecule is CC(C)(C)OC(=O)Nc1cc(B(O)O)ccc1C=N. The van der Waals surface area contributed by atoms with Gasteiger partial charge in [0.15, 0.2) is 0 Å². The molecule has 7 heteroatoms. The molecule has 19 heavy (non-hydrogen) atoms. The summed E-state index contributed by atoms with van der Waals surface area (Å²) in [7, 11) is -1.64. The molecule has 0 bridgehead atoms. The topological polar surface area (TPSA) is 103 Å². The molecule has 102 valence electrons. The maximum Gasteiger partial charge on any atom is 0.488 e. The first kappa shape index (κ1) is 15.2. The molecular formula is C12H17BN2O4. The van der Waals surface area contributed by atoms with Gasteiger partial charge in [0.25, 0.3) is 0 Å². The van der Waals surface area contributed by atoms with E-state index in [0.29, 0.717) is 5.56 Å². The number of ether oxygens (including phenoxy) is 1. The zero-order chi connectivity index (χ0) is 14.6. The number of carbonyl (C=O) groups is 1. The van der Waals surface area contributed by atoms with E-state index in [4.69, 9.17) is 20.2 Å². The second-order valence-electron chi connectivity index (χ2n) is 4.99. The van der Waals surface area contributed by atoms with E-state index in [1.54, 1.807) is 20.8 Å². The smallest absolute Gasteiger partial charge is 0.444 e. The first-order valence-electron chi connectivity index (χ1n) is 5.73. The van der Waals surface area contributed by atoms with E-state index < -0.39 is 18.8 Å². The second-order valence-corrected chi connectivity index (χ2v) is 4.99. The van der Waals surface area contributed by atoms with E-state index in [2.05, 4.69) is 5.32 Å². The number of benzene rings is 1. The fourth-order valence-electron chi connectivity index (χ4n) is 1.38. The number of carbonyl (C=O) groups excluding carboxylic acids is 1. The van der Waals surface area contributed by atoms with Gasteiger partial charge in [-0.15, -0.1) is 0 Å². The van der Waals surface area contributed by atoms with Crippen molar-refractivity contribution in [1.29, 1.82) is 5.41 Å². The van der Waals surface area contributed by atoms with Crippen molar-refractivity contribution < 1.29 is 19.6 Å². The van der Waals surface area contributed by atoms with Gasteiger partial charge < -0.3 is 20.2 Å². The Kier molecular flexibility index (Phi) is 4.69. The largest absolute Gasteiger partial charge is 0.488 e. The molecule has 0 fully saturated rings. The molecule has 0 aliphatic heterocycles. The van der Waals surface area contributed by atoms with Crippen LogP contribution in [0.4, 0.5) is 10.5 Å². The van der Waals surface area contributed by atoms with Crippen molar-refractivity contribution in [2.45, 2.75) is 26.4 Å². The Morgan fingerprint density at radius 2 is 2.05 bits per heavy atom. The van der Waals surface area contributed by atoms with Crippen LogP contribution in [0, 0.1) is 5.41 Å². The van der Waals surface area contributed by atoms with Gasteiger partial charge in [-0.3, -0.25) is 5.32 Å². The number of amides is 1.